The molecule has 1 aliphatic heterocycles. The summed E-state index contributed by atoms with van der Waals surface area (Å²) in [7, 11) is 0. The van der Waals surface area contributed by atoms with Crippen molar-refractivity contribution in [2.45, 2.75) is 38.5 Å². The number of nitrogen functional groups attached to an aromatic ring is 1. The van der Waals surface area contributed by atoms with E-state index in [4.69, 9.17) is 10.7 Å². The van der Waals surface area contributed by atoms with E-state index >= 15 is 0 Å². The van der Waals surface area contributed by atoms with E-state index in [0.717, 1.165) is 10.7 Å². The number of rotatable bonds is 1. The highest BCUT2D eigenvalue weighted by atomic mass is 32.2. The number of thiazole rings is 1. The Labute approximate surface area is 99.7 Å². The van der Waals surface area contributed by atoms with Crippen LogP contribution in [0.25, 0.3) is 0 Å². The Kier molecular flexibility index (Phi) is 2.99. The summed E-state index contributed by atoms with van der Waals surface area (Å²) in [5, 5.41) is 2.11. The van der Waals surface area contributed by atoms with Gasteiger partial charge in [-0.25, -0.2) is 4.98 Å². The van der Waals surface area contributed by atoms with Crippen LogP contribution in [0.4, 0.5) is 5.00 Å². The van der Waals surface area contributed by atoms with Crippen molar-refractivity contribution in [3.05, 3.63) is 10.7 Å². The number of hydrogen-bond acceptors (Lipinski definition) is 4. The number of hydrogen-bond donors (Lipinski definition) is 1. The normalized spacial score (nSPS) is 22.2. The molecule has 1 aliphatic rings. The summed E-state index contributed by atoms with van der Waals surface area (Å²) in [6, 6.07) is 0. The van der Waals surface area contributed by atoms with Crippen molar-refractivity contribution in [3.63, 3.8) is 0 Å². The molecule has 2 nitrogen and oxygen atoms in total. The molecule has 1 fully saturated rings. The molecule has 0 aromatic carbocycles. The van der Waals surface area contributed by atoms with Gasteiger partial charge in [0.1, 0.15) is 10.0 Å². The molecule has 0 spiro atoms. The number of thioether (sulfide) groups is 1. The highest BCUT2D eigenvalue weighted by Gasteiger charge is 2.26. The van der Waals surface area contributed by atoms with E-state index < -0.39 is 0 Å². The van der Waals surface area contributed by atoms with Crippen molar-refractivity contribution < 1.29 is 0 Å². The molecule has 0 amide bonds. The third-order valence-corrected chi connectivity index (χ3v) is 5.13. The zero-order valence-corrected chi connectivity index (χ0v) is 11.2. The summed E-state index contributed by atoms with van der Waals surface area (Å²) in [5.74, 6) is 3.05. The molecule has 1 unspecified atom stereocenters. The first-order valence-corrected chi connectivity index (χ1v) is 7.30. The van der Waals surface area contributed by atoms with E-state index in [1.54, 1.807) is 11.3 Å². The highest BCUT2D eigenvalue weighted by Crippen LogP contribution is 2.39. The second-order valence-electron chi connectivity index (χ2n) is 5.08. The van der Waals surface area contributed by atoms with Crippen molar-refractivity contribution >= 4 is 28.1 Å². The van der Waals surface area contributed by atoms with E-state index in [2.05, 4.69) is 20.8 Å². The zero-order chi connectivity index (χ0) is 11.1. The summed E-state index contributed by atoms with van der Waals surface area (Å²) in [6.07, 6.45) is 1.24. The van der Waals surface area contributed by atoms with Crippen LogP contribution in [0.5, 0.6) is 0 Å². The molecule has 84 valence electrons. The fourth-order valence-corrected chi connectivity index (χ4v) is 3.91. The Hall–Kier alpha value is -0.220. The molecule has 15 heavy (non-hydrogen) atoms. The summed E-state index contributed by atoms with van der Waals surface area (Å²) < 4.78 is 0. The lowest BCUT2D eigenvalue weighted by Gasteiger charge is -2.13. The third kappa shape index (κ3) is 2.31. The number of anilines is 1. The van der Waals surface area contributed by atoms with Crippen molar-refractivity contribution in [2.24, 2.45) is 0 Å². The maximum atomic E-state index is 6.06. The molecule has 2 rings (SSSR count). The Morgan fingerprint density at radius 2 is 2.13 bits per heavy atom. The first-order chi connectivity index (χ1) is 6.98. The van der Waals surface area contributed by atoms with Crippen LogP contribution in [0.3, 0.4) is 0 Å². The van der Waals surface area contributed by atoms with Crippen LogP contribution in [-0.4, -0.2) is 16.5 Å². The van der Waals surface area contributed by atoms with Gasteiger partial charge < -0.3 is 5.73 Å². The van der Waals surface area contributed by atoms with Crippen LogP contribution in [0.2, 0.25) is 0 Å². The van der Waals surface area contributed by atoms with Gasteiger partial charge in [-0.05, 0) is 12.2 Å². The smallest absolute Gasteiger partial charge is 0.110 e. The zero-order valence-electron chi connectivity index (χ0n) is 9.54. The fourth-order valence-electron chi connectivity index (χ4n) is 1.71. The molecule has 2 N–H and O–H groups in total. The van der Waals surface area contributed by atoms with Crippen molar-refractivity contribution in [1.29, 1.82) is 0 Å². The summed E-state index contributed by atoms with van der Waals surface area (Å²) in [6.45, 7) is 6.58. The second-order valence-corrected chi connectivity index (χ2v) is 7.26. The lowest BCUT2D eigenvalue weighted by atomic mass is 9.98. The fraction of sp³-hybridized carbons (Fsp3) is 0.727. The molecular weight excluding hydrogens is 224 g/mol. The van der Waals surface area contributed by atoms with Gasteiger partial charge in [-0.2, -0.15) is 11.8 Å². The van der Waals surface area contributed by atoms with Gasteiger partial charge in [0.15, 0.2) is 0 Å². The third-order valence-electron chi connectivity index (χ3n) is 2.64. The molecule has 1 saturated heterocycles. The van der Waals surface area contributed by atoms with Crippen LogP contribution in [0, 0.1) is 0 Å². The summed E-state index contributed by atoms with van der Waals surface area (Å²) in [4.78, 5) is 4.74. The maximum Gasteiger partial charge on any atom is 0.110 e. The second kappa shape index (κ2) is 3.98. The lowest BCUT2D eigenvalue weighted by Crippen LogP contribution is -2.11. The first-order valence-electron chi connectivity index (χ1n) is 5.33. The minimum Gasteiger partial charge on any atom is -0.389 e. The van der Waals surface area contributed by atoms with Gasteiger partial charge in [-0.1, -0.05) is 20.8 Å². The lowest BCUT2D eigenvalue weighted by molar-refractivity contribution is 0.580. The topological polar surface area (TPSA) is 38.9 Å². The van der Waals surface area contributed by atoms with Crippen LogP contribution in [0.1, 0.15) is 43.8 Å². The maximum absolute atomic E-state index is 6.06. The van der Waals surface area contributed by atoms with Crippen LogP contribution < -0.4 is 5.73 Å². The molecule has 4 heteroatoms. The first kappa shape index (κ1) is 11.3. The monoisotopic (exact) mass is 242 g/mol. The highest BCUT2D eigenvalue weighted by molar-refractivity contribution is 7.99. The van der Waals surface area contributed by atoms with Crippen LogP contribution in [-0.2, 0) is 5.41 Å². The van der Waals surface area contributed by atoms with Crippen molar-refractivity contribution in [2.75, 3.05) is 17.2 Å². The van der Waals surface area contributed by atoms with Gasteiger partial charge in [0.25, 0.3) is 0 Å². The predicted molar refractivity (Wildman–Crippen MR) is 69.9 cm³/mol. The molecule has 1 aromatic heterocycles. The Morgan fingerprint density at radius 3 is 2.60 bits per heavy atom. The van der Waals surface area contributed by atoms with E-state index in [0.29, 0.717) is 5.92 Å². The molecule has 0 aliphatic carbocycles. The van der Waals surface area contributed by atoms with E-state index in [1.165, 1.54) is 22.9 Å². The van der Waals surface area contributed by atoms with Gasteiger partial charge in [-0.15, -0.1) is 11.3 Å². The average Bonchev–Trinajstić information content (AvgIpc) is 2.69. The molecule has 0 saturated carbocycles. The molecule has 1 atom stereocenters. The standard InChI is InChI=1S/C11H18N2S2/c1-11(2,3)10-13-8(9(12)15-10)7-4-5-14-6-7/h7H,4-6,12H2,1-3H3. The Bertz CT molecular complexity index is 346. The minimum absolute atomic E-state index is 0.128. The van der Waals surface area contributed by atoms with E-state index in [1.807, 2.05) is 11.8 Å². The van der Waals surface area contributed by atoms with Gasteiger partial charge in [0, 0.05) is 17.1 Å². The average molecular weight is 242 g/mol. The Balaban J connectivity index is 2.29. The van der Waals surface area contributed by atoms with Crippen LogP contribution >= 0.6 is 23.1 Å². The Morgan fingerprint density at radius 1 is 1.40 bits per heavy atom. The molecular formula is C11H18N2S2. The minimum atomic E-state index is 0.128. The number of nitrogens with two attached hydrogens (primary N) is 1. The molecule has 0 radical (unpaired) electrons. The molecule has 0 bridgehead atoms. The van der Waals surface area contributed by atoms with Gasteiger partial charge in [0.2, 0.25) is 0 Å². The van der Waals surface area contributed by atoms with Gasteiger partial charge in [0.05, 0.1) is 5.69 Å². The number of nitrogens with zero attached hydrogens (tertiary/aromatic N) is 1. The van der Waals surface area contributed by atoms with E-state index in [9.17, 15) is 0 Å². The number of aromatic nitrogens is 1. The predicted octanol–water partition coefficient (Wildman–Crippen LogP) is 3.24. The van der Waals surface area contributed by atoms with Crippen molar-refractivity contribution in [3.8, 4) is 0 Å². The molecule has 1 aromatic rings. The van der Waals surface area contributed by atoms with Crippen LogP contribution in [0.15, 0.2) is 0 Å². The van der Waals surface area contributed by atoms with Gasteiger partial charge in [-0.3, -0.25) is 0 Å². The largest absolute Gasteiger partial charge is 0.389 e. The summed E-state index contributed by atoms with van der Waals surface area (Å²) in [5.41, 5.74) is 7.35. The van der Waals surface area contributed by atoms with E-state index in [-0.39, 0.29) is 5.41 Å². The summed E-state index contributed by atoms with van der Waals surface area (Å²) >= 11 is 3.68. The quantitative estimate of drug-likeness (QED) is 0.821. The molecule has 2 heterocycles. The van der Waals surface area contributed by atoms with Gasteiger partial charge >= 0.3 is 0 Å². The van der Waals surface area contributed by atoms with Crippen molar-refractivity contribution in [1.82, 2.24) is 4.98 Å². The SMILES string of the molecule is CC(C)(C)c1nc(C2CCSC2)c(N)s1.